The Kier molecular flexibility index (Phi) is 10.0. The molecule has 0 bridgehead atoms. The largest absolute Gasteiger partial charge is 0.463 e. The molecule has 5 aromatic rings. The maximum Gasteiger partial charge on any atom is 0.338 e. The van der Waals surface area contributed by atoms with E-state index >= 15 is 0 Å². The first-order valence-corrected chi connectivity index (χ1v) is 17.6. The first-order chi connectivity index (χ1) is 24.0. The molecule has 1 atom stereocenters. The van der Waals surface area contributed by atoms with Crippen LogP contribution < -0.4 is 19.8 Å². The Hall–Kier alpha value is -5.05. The van der Waals surface area contributed by atoms with Crippen LogP contribution in [0.1, 0.15) is 37.9 Å². The van der Waals surface area contributed by atoms with Crippen molar-refractivity contribution in [2.75, 3.05) is 25.6 Å². The minimum Gasteiger partial charge on any atom is -0.463 e. The average molecular weight is 730 g/mol. The third-order valence-electron chi connectivity index (χ3n) is 8.05. The van der Waals surface area contributed by atoms with Crippen LogP contribution in [0.5, 0.6) is 0 Å². The monoisotopic (exact) mass is 729 g/mol. The molecule has 2 aromatic heterocycles. The van der Waals surface area contributed by atoms with E-state index in [2.05, 4.69) is 15.2 Å². The molecule has 0 aliphatic carbocycles. The molecule has 1 aliphatic rings. The van der Waals surface area contributed by atoms with E-state index in [9.17, 15) is 19.7 Å². The molecule has 0 unspecified atom stereocenters. The minimum absolute atomic E-state index is 0.135. The van der Waals surface area contributed by atoms with Crippen molar-refractivity contribution in [2.24, 2.45) is 4.99 Å². The number of nitrogens with zero attached hydrogens (tertiary/aromatic N) is 7. The molecule has 3 heterocycles. The number of rotatable bonds is 10. The predicted molar refractivity (Wildman–Crippen MR) is 195 cm³/mol. The molecule has 256 valence electrons. The summed E-state index contributed by atoms with van der Waals surface area (Å²) in [5.41, 5.74) is 3.08. The van der Waals surface area contributed by atoms with E-state index < -0.39 is 22.5 Å². The molecule has 1 aliphatic heterocycles. The van der Waals surface area contributed by atoms with Crippen molar-refractivity contribution < 1.29 is 14.5 Å². The van der Waals surface area contributed by atoms with Gasteiger partial charge in [-0.3, -0.25) is 19.5 Å². The number of hydrogen-bond donors (Lipinski definition) is 0. The third-order valence-corrected chi connectivity index (χ3v) is 10.3. The normalized spacial score (nSPS) is 14.4. The number of nitro benzene ring substituents is 1. The molecule has 0 radical (unpaired) electrons. The van der Waals surface area contributed by atoms with Gasteiger partial charge in [0, 0.05) is 53.9 Å². The lowest BCUT2D eigenvalue weighted by atomic mass is 9.95. The van der Waals surface area contributed by atoms with Crippen molar-refractivity contribution in [2.45, 2.75) is 43.4 Å². The van der Waals surface area contributed by atoms with Crippen LogP contribution >= 0.6 is 34.7 Å². The molecular weight excluding hydrogens is 698 g/mol. The van der Waals surface area contributed by atoms with Crippen molar-refractivity contribution in [3.63, 3.8) is 0 Å². The van der Waals surface area contributed by atoms with Crippen LogP contribution in [0.2, 0.25) is 5.02 Å². The SMILES string of the molecule is CCOC(=O)C1=C(C)N=c2s/c(=C/c3cc([N+](=O)[O-])ccc3Sc3nnc(-c4cccc(Cl)c4)n3CC)c(=O)n2[C@H]1c1ccc(N(C)C)cc1. The summed E-state index contributed by atoms with van der Waals surface area (Å²) < 4.78 is 9.12. The summed E-state index contributed by atoms with van der Waals surface area (Å²) in [6.45, 7) is 6.12. The third kappa shape index (κ3) is 6.73. The zero-order chi connectivity index (χ0) is 35.7. The van der Waals surface area contributed by atoms with Gasteiger partial charge in [-0.05, 0) is 80.1 Å². The maximum absolute atomic E-state index is 14.3. The molecule has 0 N–H and O–H groups in total. The van der Waals surface area contributed by atoms with E-state index in [4.69, 9.17) is 16.3 Å². The molecule has 3 aromatic carbocycles. The molecule has 0 amide bonds. The molecule has 0 fully saturated rings. The van der Waals surface area contributed by atoms with Gasteiger partial charge in [-0.25, -0.2) is 9.79 Å². The number of non-ortho nitro benzene ring substituents is 1. The van der Waals surface area contributed by atoms with Gasteiger partial charge in [0.15, 0.2) is 15.8 Å². The van der Waals surface area contributed by atoms with Gasteiger partial charge in [0.1, 0.15) is 0 Å². The average Bonchev–Trinajstić information content (AvgIpc) is 3.64. The number of fused-ring (bicyclic) bond motifs is 1. The zero-order valence-corrected chi connectivity index (χ0v) is 30.2. The van der Waals surface area contributed by atoms with Gasteiger partial charge in [0.2, 0.25) is 0 Å². The van der Waals surface area contributed by atoms with Crippen LogP contribution in [0.3, 0.4) is 0 Å². The van der Waals surface area contributed by atoms with E-state index in [1.807, 2.05) is 73.0 Å². The van der Waals surface area contributed by atoms with Crippen molar-refractivity contribution in [1.82, 2.24) is 19.3 Å². The van der Waals surface area contributed by atoms with Crippen molar-refractivity contribution in [3.05, 3.63) is 124 Å². The maximum atomic E-state index is 14.3. The van der Waals surface area contributed by atoms with Gasteiger partial charge < -0.3 is 14.2 Å². The fourth-order valence-corrected chi connectivity index (χ4v) is 7.85. The number of carbonyl (C=O) groups is 1. The number of hydrogen-bond acceptors (Lipinski definition) is 11. The second kappa shape index (κ2) is 14.4. The van der Waals surface area contributed by atoms with Crippen molar-refractivity contribution in [1.29, 1.82) is 0 Å². The molecule has 0 spiro atoms. The molecule has 15 heteroatoms. The summed E-state index contributed by atoms with van der Waals surface area (Å²) in [4.78, 5) is 46.6. The summed E-state index contributed by atoms with van der Waals surface area (Å²) in [6, 6.07) is 18.6. The lowest BCUT2D eigenvalue weighted by Gasteiger charge is -2.25. The Morgan fingerprint density at radius 3 is 2.54 bits per heavy atom. The van der Waals surface area contributed by atoms with Crippen molar-refractivity contribution >= 4 is 58.1 Å². The number of halogens is 1. The van der Waals surface area contributed by atoms with Crippen molar-refractivity contribution in [3.8, 4) is 11.4 Å². The van der Waals surface area contributed by atoms with Gasteiger partial charge in [-0.15, -0.1) is 10.2 Å². The number of esters is 1. The number of aromatic nitrogens is 4. The van der Waals surface area contributed by atoms with Gasteiger partial charge in [0.25, 0.3) is 11.2 Å². The fraction of sp³-hybridized carbons (Fsp3) is 0.229. The van der Waals surface area contributed by atoms with E-state index in [1.165, 1.54) is 28.5 Å². The zero-order valence-electron chi connectivity index (χ0n) is 27.8. The van der Waals surface area contributed by atoms with Crippen LogP contribution in [-0.4, -0.2) is 50.9 Å². The second-order valence-electron chi connectivity index (χ2n) is 11.4. The van der Waals surface area contributed by atoms with Gasteiger partial charge in [0.05, 0.1) is 33.4 Å². The molecule has 12 nitrogen and oxygen atoms in total. The van der Waals surface area contributed by atoms with Gasteiger partial charge in [-0.2, -0.15) is 0 Å². The van der Waals surface area contributed by atoms with E-state index in [1.54, 1.807) is 32.1 Å². The second-order valence-corrected chi connectivity index (χ2v) is 13.9. The highest BCUT2D eigenvalue weighted by atomic mass is 35.5. The Morgan fingerprint density at radius 1 is 1.12 bits per heavy atom. The fourth-order valence-electron chi connectivity index (χ4n) is 5.65. The number of anilines is 1. The predicted octanol–water partition coefficient (Wildman–Crippen LogP) is 5.86. The van der Waals surface area contributed by atoms with E-state index in [0.29, 0.717) is 49.1 Å². The summed E-state index contributed by atoms with van der Waals surface area (Å²) in [5, 5.41) is 21.8. The minimum atomic E-state index is -0.796. The summed E-state index contributed by atoms with van der Waals surface area (Å²) in [6.07, 6.45) is 1.62. The van der Waals surface area contributed by atoms with Crippen LogP contribution in [0.15, 0.2) is 97.8 Å². The number of benzene rings is 3. The number of carbonyl (C=O) groups excluding carboxylic acids is 1. The highest BCUT2D eigenvalue weighted by molar-refractivity contribution is 7.99. The quantitative estimate of drug-likeness (QED) is 0.0984. The van der Waals surface area contributed by atoms with Crippen LogP contribution in [0.4, 0.5) is 11.4 Å². The van der Waals surface area contributed by atoms with E-state index in [-0.39, 0.29) is 22.4 Å². The highest BCUT2D eigenvalue weighted by Gasteiger charge is 2.33. The Morgan fingerprint density at radius 2 is 1.88 bits per heavy atom. The van der Waals surface area contributed by atoms with Crippen LogP contribution in [-0.2, 0) is 16.1 Å². The standard InChI is InChI=1S/C35H32ClN7O5S2/c1-6-41-31(22-9-8-10-24(36)17-22)38-39-35(41)49-27-16-15-26(43(46)47)18-23(27)19-28-32(44)42-30(21-11-13-25(14-12-21)40(4)5)29(33(45)48-7-2)20(3)37-34(42)50-28/h8-19,30H,6-7H2,1-5H3/b28-19+/t30-/m0/s1. The molecule has 6 rings (SSSR count). The van der Waals surface area contributed by atoms with Crippen LogP contribution in [0, 0.1) is 10.1 Å². The Bertz CT molecular complexity index is 2350. The van der Waals surface area contributed by atoms with E-state index in [0.717, 1.165) is 22.6 Å². The van der Waals surface area contributed by atoms with Gasteiger partial charge >= 0.3 is 5.97 Å². The summed E-state index contributed by atoms with van der Waals surface area (Å²) in [5.74, 6) is 0.0694. The summed E-state index contributed by atoms with van der Waals surface area (Å²) in [7, 11) is 3.86. The molecule has 0 saturated heterocycles. The smallest absolute Gasteiger partial charge is 0.338 e. The molecule has 0 saturated carbocycles. The number of allylic oxidation sites excluding steroid dienone is 1. The number of thiazole rings is 1. The lowest BCUT2D eigenvalue weighted by molar-refractivity contribution is -0.384. The molecular formula is C35H32ClN7O5S2. The first-order valence-electron chi connectivity index (χ1n) is 15.6. The van der Waals surface area contributed by atoms with Crippen LogP contribution in [0.25, 0.3) is 17.5 Å². The van der Waals surface area contributed by atoms with Gasteiger partial charge in [-0.1, -0.05) is 47.2 Å². The Labute approximate surface area is 300 Å². The lowest BCUT2D eigenvalue weighted by Crippen LogP contribution is -2.40. The summed E-state index contributed by atoms with van der Waals surface area (Å²) >= 11 is 8.66. The highest BCUT2D eigenvalue weighted by Crippen LogP contribution is 2.35. The molecule has 50 heavy (non-hydrogen) atoms. The Balaban J connectivity index is 1.49. The topological polar surface area (TPSA) is 138 Å². The number of ether oxygens (including phenoxy) is 1. The number of nitro groups is 1. The first kappa shape index (κ1) is 34.8.